The van der Waals surface area contributed by atoms with Crippen LogP contribution in [0, 0.1) is 17.7 Å². The standard InChI is InChI=1S/C15H14FNO2S/c1-2-3-4-8-17-9-10-13-11(16)6-5-7-12(13)20-14(10)15(18)19/h5-7,17H,4,8-9H2,1H3,(H,18,19). The first-order valence-corrected chi connectivity index (χ1v) is 7.00. The SMILES string of the molecule is CC#CCCNCc1c(C(=O)O)sc2cccc(F)c12. The van der Waals surface area contributed by atoms with E-state index in [1.165, 1.54) is 6.07 Å². The van der Waals surface area contributed by atoms with Crippen LogP contribution >= 0.6 is 11.3 Å². The second-order valence-corrected chi connectivity index (χ2v) is 5.23. The van der Waals surface area contributed by atoms with Gasteiger partial charge in [-0.05, 0) is 19.1 Å². The van der Waals surface area contributed by atoms with Crippen molar-refractivity contribution in [1.29, 1.82) is 0 Å². The van der Waals surface area contributed by atoms with Crippen molar-refractivity contribution in [2.75, 3.05) is 6.54 Å². The molecule has 0 saturated carbocycles. The third kappa shape index (κ3) is 2.98. The molecule has 0 spiro atoms. The summed E-state index contributed by atoms with van der Waals surface area (Å²) in [6, 6.07) is 4.68. The number of carboxylic acids is 1. The first-order chi connectivity index (χ1) is 9.65. The zero-order valence-electron chi connectivity index (χ0n) is 11.0. The molecule has 2 rings (SSSR count). The smallest absolute Gasteiger partial charge is 0.346 e. The molecular weight excluding hydrogens is 277 g/mol. The van der Waals surface area contributed by atoms with Gasteiger partial charge in [-0.2, -0.15) is 0 Å². The molecule has 1 aromatic carbocycles. The Bertz CT molecular complexity index is 697. The molecule has 1 heterocycles. The van der Waals surface area contributed by atoms with Crippen LogP contribution in [0.15, 0.2) is 18.2 Å². The molecule has 0 atom stereocenters. The molecular formula is C15H14FNO2S. The number of carbonyl (C=O) groups is 1. The molecule has 2 aromatic rings. The number of aromatic carboxylic acids is 1. The fraction of sp³-hybridized carbons (Fsp3) is 0.267. The summed E-state index contributed by atoms with van der Waals surface area (Å²) in [5.74, 6) is 4.31. The van der Waals surface area contributed by atoms with Gasteiger partial charge in [-0.3, -0.25) is 0 Å². The monoisotopic (exact) mass is 291 g/mol. The van der Waals surface area contributed by atoms with Gasteiger partial charge in [0.1, 0.15) is 10.7 Å². The second-order valence-electron chi connectivity index (χ2n) is 4.18. The Labute approximate surface area is 120 Å². The van der Waals surface area contributed by atoms with E-state index < -0.39 is 5.97 Å². The molecule has 3 nitrogen and oxygen atoms in total. The highest BCUT2D eigenvalue weighted by Crippen LogP contribution is 2.33. The van der Waals surface area contributed by atoms with Crippen molar-refractivity contribution in [2.24, 2.45) is 0 Å². The average Bonchev–Trinajstić information content (AvgIpc) is 2.79. The zero-order valence-corrected chi connectivity index (χ0v) is 11.8. The predicted octanol–water partition coefficient (Wildman–Crippen LogP) is 3.24. The molecule has 0 unspecified atom stereocenters. The summed E-state index contributed by atoms with van der Waals surface area (Å²) in [7, 11) is 0. The number of nitrogens with one attached hydrogen (secondary N) is 1. The van der Waals surface area contributed by atoms with Crippen molar-refractivity contribution < 1.29 is 14.3 Å². The van der Waals surface area contributed by atoms with E-state index in [1.807, 2.05) is 0 Å². The Hall–Kier alpha value is -1.90. The van der Waals surface area contributed by atoms with E-state index in [-0.39, 0.29) is 10.7 Å². The zero-order chi connectivity index (χ0) is 14.5. The highest BCUT2D eigenvalue weighted by atomic mass is 32.1. The normalized spacial score (nSPS) is 10.3. The highest BCUT2D eigenvalue weighted by Gasteiger charge is 2.19. The van der Waals surface area contributed by atoms with Gasteiger partial charge < -0.3 is 10.4 Å². The quantitative estimate of drug-likeness (QED) is 0.657. The Kier molecular flexibility index (Phi) is 4.72. The van der Waals surface area contributed by atoms with Crippen LogP contribution in [-0.4, -0.2) is 17.6 Å². The molecule has 0 aliphatic heterocycles. The molecule has 0 aliphatic carbocycles. The van der Waals surface area contributed by atoms with Gasteiger partial charge in [-0.25, -0.2) is 9.18 Å². The van der Waals surface area contributed by atoms with Crippen molar-refractivity contribution in [3.05, 3.63) is 34.5 Å². The maximum atomic E-state index is 13.9. The topological polar surface area (TPSA) is 49.3 Å². The fourth-order valence-corrected chi connectivity index (χ4v) is 3.07. The van der Waals surface area contributed by atoms with Crippen LogP contribution in [0.4, 0.5) is 4.39 Å². The van der Waals surface area contributed by atoms with Gasteiger partial charge in [-0.1, -0.05) is 6.07 Å². The molecule has 5 heteroatoms. The summed E-state index contributed by atoms with van der Waals surface area (Å²) in [4.78, 5) is 11.5. The number of hydrogen-bond donors (Lipinski definition) is 2. The first kappa shape index (κ1) is 14.5. The Balaban J connectivity index is 2.30. The number of benzene rings is 1. The van der Waals surface area contributed by atoms with Crippen molar-refractivity contribution in [2.45, 2.75) is 19.9 Å². The van der Waals surface area contributed by atoms with Crippen molar-refractivity contribution >= 4 is 27.4 Å². The Morgan fingerprint density at radius 2 is 2.30 bits per heavy atom. The van der Waals surface area contributed by atoms with Crippen LogP contribution in [-0.2, 0) is 6.54 Å². The minimum atomic E-state index is -1.02. The van der Waals surface area contributed by atoms with E-state index in [4.69, 9.17) is 0 Å². The third-order valence-electron chi connectivity index (χ3n) is 2.86. The summed E-state index contributed by atoms with van der Waals surface area (Å²) in [6.07, 6.45) is 0.684. The van der Waals surface area contributed by atoms with E-state index in [1.54, 1.807) is 19.1 Å². The van der Waals surface area contributed by atoms with Crippen LogP contribution in [0.2, 0.25) is 0 Å². The number of halogens is 1. The first-order valence-electron chi connectivity index (χ1n) is 6.18. The van der Waals surface area contributed by atoms with Crippen molar-refractivity contribution in [3.8, 4) is 11.8 Å². The molecule has 0 saturated heterocycles. The van der Waals surface area contributed by atoms with Crippen LogP contribution in [0.3, 0.4) is 0 Å². The predicted molar refractivity (Wildman–Crippen MR) is 78.5 cm³/mol. The van der Waals surface area contributed by atoms with Gasteiger partial charge >= 0.3 is 5.97 Å². The number of thiophene rings is 1. The van der Waals surface area contributed by atoms with E-state index in [0.29, 0.717) is 35.2 Å². The van der Waals surface area contributed by atoms with Gasteiger partial charge in [0, 0.05) is 35.2 Å². The average molecular weight is 291 g/mol. The lowest BCUT2D eigenvalue weighted by Gasteiger charge is -2.04. The van der Waals surface area contributed by atoms with Gasteiger partial charge in [0.15, 0.2) is 0 Å². The number of hydrogen-bond acceptors (Lipinski definition) is 3. The molecule has 2 N–H and O–H groups in total. The van der Waals surface area contributed by atoms with E-state index >= 15 is 0 Å². The largest absolute Gasteiger partial charge is 0.477 e. The van der Waals surface area contributed by atoms with Gasteiger partial charge in [0.2, 0.25) is 0 Å². The fourth-order valence-electron chi connectivity index (χ4n) is 2.00. The van der Waals surface area contributed by atoms with Gasteiger partial charge in [0.25, 0.3) is 0 Å². The van der Waals surface area contributed by atoms with Crippen LogP contribution in [0.1, 0.15) is 28.6 Å². The van der Waals surface area contributed by atoms with E-state index in [9.17, 15) is 14.3 Å². The van der Waals surface area contributed by atoms with Crippen molar-refractivity contribution in [1.82, 2.24) is 5.32 Å². The highest BCUT2D eigenvalue weighted by molar-refractivity contribution is 7.21. The Morgan fingerprint density at radius 3 is 3.00 bits per heavy atom. The van der Waals surface area contributed by atoms with Crippen LogP contribution in [0.25, 0.3) is 10.1 Å². The molecule has 0 fully saturated rings. The summed E-state index contributed by atoms with van der Waals surface area (Å²) in [5.41, 5.74) is 0.514. The third-order valence-corrected chi connectivity index (χ3v) is 4.05. The maximum Gasteiger partial charge on any atom is 0.346 e. The van der Waals surface area contributed by atoms with Crippen molar-refractivity contribution in [3.63, 3.8) is 0 Å². The second kappa shape index (κ2) is 6.51. The molecule has 20 heavy (non-hydrogen) atoms. The molecule has 0 aliphatic rings. The molecule has 0 radical (unpaired) electrons. The minimum Gasteiger partial charge on any atom is -0.477 e. The summed E-state index contributed by atoms with van der Waals surface area (Å²) >= 11 is 1.11. The summed E-state index contributed by atoms with van der Waals surface area (Å²) in [5, 5.41) is 12.8. The van der Waals surface area contributed by atoms with Gasteiger partial charge in [-0.15, -0.1) is 23.2 Å². The minimum absolute atomic E-state index is 0.194. The molecule has 0 amide bonds. The lowest BCUT2D eigenvalue weighted by atomic mass is 10.1. The lowest BCUT2D eigenvalue weighted by molar-refractivity contribution is 0.0701. The molecule has 0 bridgehead atoms. The number of carboxylic acid groups (broad SMARTS) is 1. The van der Waals surface area contributed by atoms with Crippen LogP contribution in [0.5, 0.6) is 0 Å². The van der Waals surface area contributed by atoms with E-state index in [0.717, 1.165) is 11.3 Å². The summed E-state index contributed by atoms with van der Waals surface area (Å²) < 4.78 is 14.6. The summed E-state index contributed by atoms with van der Waals surface area (Å²) in [6.45, 7) is 2.74. The van der Waals surface area contributed by atoms with Crippen LogP contribution < -0.4 is 5.32 Å². The molecule has 1 aromatic heterocycles. The van der Waals surface area contributed by atoms with E-state index in [2.05, 4.69) is 17.2 Å². The van der Waals surface area contributed by atoms with Gasteiger partial charge in [0.05, 0.1) is 0 Å². The maximum absolute atomic E-state index is 13.9. The lowest BCUT2D eigenvalue weighted by Crippen LogP contribution is -2.16. The molecule has 104 valence electrons. The number of rotatable bonds is 5. The number of fused-ring (bicyclic) bond motifs is 1. The Morgan fingerprint density at radius 1 is 1.50 bits per heavy atom.